The molecule has 3 aromatic rings. The van der Waals surface area contributed by atoms with Crippen LogP contribution in [0.15, 0.2) is 52.7 Å². The molecule has 0 spiro atoms. The first-order valence-electron chi connectivity index (χ1n) is 7.56. The zero-order valence-corrected chi connectivity index (χ0v) is 15.3. The largest absolute Gasteiger partial charge is 0.268 e. The minimum absolute atomic E-state index is 0.0119. The molecule has 2 aromatic heterocycles. The van der Waals surface area contributed by atoms with Crippen LogP contribution >= 0.6 is 11.6 Å². The Morgan fingerprint density at radius 1 is 1.23 bits per heavy atom. The number of aryl methyl sites for hydroxylation is 1. The summed E-state index contributed by atoms with van der Waals surface area (Å²) in [5.74, 6) is 0.399. The van der Waals surface area contributed by atoms with Crippen LogP contribution in [0.5, 0.6) is 0 Å². The van der Waals surface area contributed by atoms with Gasteiger partial charge in [-0.25, -0.2) is 27.5 Å². The highest BCUT2D eigenvalue weighted by Gasteiger charge is 2.17. The highest BCUT2D eigenvalue weighted by atomic mass is 35.5. The molecule has 0 unspecified atom stereocenters. The third kappa shape index (κ3) is 3.98. The molecule has 11 heteroatoms. The van der Waals surface area contributed by atoms with Gasteiger partial charge in [0.25, 0.3) is 5.56 Å². The fourth-order valence-corrected chi connectivity index (χ4v) is 3.80. The van der Waals surface area contributed by atoms with Crippen LogP contribution in [0, 0.1) is 6.92 Å². The van der Waals surface area contributed by atoms with Gasteiger partial charge in [0.15, 0.2) is 5.82 Å². The topological polar surface area (TPSA) is 112 Å². The lowest BCUT2D eigenvalue weighted by atomic mass is 10.2. The van der Waals surface area contributed by atoms with Crippen LogP contribution in [0.3, 0.4) is 0 Å². The molecule has 0 amide bonds. The van der Waals surface area contributed by atoms with Gasteiger partial charge < -0.3 is 0 Å². The summed E-state index contributed by atoms with van der Waals surface area (Å²) >= 11 is 5.88. The highest BCUT2D eigenvalue weighted by Crippen LogP contribution is 2.19. The molecule has 0 aliphatic carbocycles. The average Bonchev–Trinajstić information content (AvgIpc) is 3.13. The Labute approximate surface area is 154 Å². The quantitative estimate of drug-likeness (QED) is 0.660. The molecule has 0 saturated carbocycles. The average molecular weight is 395 g/mol. The molecular weight excluding hydrogens is 380 g/mol. The molecule has 1 aromatic carbocycles. The number of hydrogen-bond donors (Lipinski definition) is 1. The van der Waals surface area contributed by atoms with E-state index in [9.17, 15) is 13.2 Å². The zero-order chi connectivity index (χ0) is 18.7. The van der Waals surface area contributed by atoms with Crippen molar-refractivity contribution in [2.45, 2.75) is 18.4 Å². The van der Waals surface area contributed by atoms with Crippen molar-refractivity contribution in [1.82, 2.24) is 29.3 Å². The summed E-state index contributed by atoms with van der Waals surface area (Å²) in [5.41, 5.74) is 0.220. The summed E-state index contributed by atoms with van der Waals surface area (Å²) in [5, 5.41) is 8.41. The molecular formula is C15H15ClN6O3S. The normalized spacial score (nSPS) is 11.6. The Morgan fingerprint density at radius 3 is 2.77 bits per heavy atom. The fraction of sp³-hybridized carbons (Fsp3) is 0.200. The van der Waals surface area contributed by atoms with Gasteiger partial charge in [0.2, 0.25) is 10.0 Å². The van der Waals surface area contributed by atoms with Gasteiger partial charge in [0, 0.05) is 17.6 Å². The maximum Gasteiger partial charge on any atom is 0.266 e. The number of halogens is 1. The van der Waals surface area contributed by atoms with E-state index in [1.54, 1.807) is 19.1 Å². The van der Waals surface area contributed by atoms with E-state index >= 15 is 0 Å². The molecule has 0 aliphatic heterocycles. The number of benzene rings is 1. The van der Waals surface area contributed by atoms with Gasteiger partial charge in [-0.3, -0.25) is 4.79 Å². The second-order valence-corrected chi connectivity index (χ2v) is 7.57. The smallest absolute Gasteiger partial charge is 0.266 e. The van der Waals surface area contributed by atoms with Crippen LogP contribution in [0.25, 0.3) is 5.82 Å². The van der Waals surface area contributed by atoms with Crippen LogP contribution in [0.4, 0.5) is 0 Å². The molecule has 0 bridgehead atoms. The van der Waals surface area contributed by atoms with E-state index in [-0.39, 0.29) is 23.5 Å². The van der Waals surface area contributed by atoms with Crippen molar-refractivity contribution < 1.29 is 8.42 Å². The van der Waals surface area contributed by atoms with E-state index in [2.05, 4.69) is 19.9 Å². The molecule has 3 rings (SSSR count). The summed E-state index contributed by atoms with van der Waals surface area (Å²) in [7, 11) is -3.75. The first kappa shape index (κ1) is 18.2. The predicted molar refractivity (Wildman–Crippen MR) is 94.8 cm³/mol. The third-order valence-corrected chi connectivity index (χ3v) is 5.40. The Kier molecular flexibility index (Phi) is 5.16. The number of hydrogen-bond acceptors (Lipinski definition) is 6. The van der Waals surface area contributed by atoms with Crippen LogP contribution in [0.2, 0.25) is 5.02 Å². The lowest BCUT2D eigenvalue weighted by molar-refractivity contribution is 0.541. The SMILES string of the molecule is Cc1ccc(Cl)cc1S(=O)(=O)NCCn1nc(-n2cncn2)ccc1=O. The predicted octanol–water partition coefficient (Wildman–Crippen LogP) is 0.764. The first-order chi connectivity index (χ1) is 12.4. The van der Waals surface area contributed by atoms with Gasteiger partial charge in [-0.15, -0.1) is 5.10 Å². The molecule has 0 aliphatic rings. The Balaban J connectivity index is 1.74. The van der Waals surface area contributed by atoms with Crippen LogP contribution in [-0.2, 0) is 16.6 Å². The number of nitrogens with one attached hydrogen (secondary N) is 1. The molecule has 1 N–H and O–H groups in total. The van der Waals surface area contributed by atoms with Gasteiger partial charge in [0.05, 0.1) is 11.4 Å². The standard InChI is InChI=1S/C15H15ClN6O3S/c1-11-2-3-12(16)8-13(11)26(24,25)19-6-7-21-15(23)5-4-14(20-21)22-10-17-9-18-22/h2-5,8-10,19H,6-7H2,1H3. The van der Waals surface area contributed by atoms with Crippen molar-refractivity contribution in [3.05, 3.63) is 63.9 Å². The molecule has 136 valence electrons. The second kappa shape index (κ2) is 7.36. The van der Waals surface area contributed by atoms with Crippen LogP contribution in [0.1, 0.15) is 5.56 Å². The minimum Gasteiger partial charge on any atom is -0.268 e. The van der Waals surface area contributed by atoms with Gasteiger partial charge in [-0.1, -0.05) is 17.7 Å². The van der Waals surface area contributed by atoms with Crippen molar-refractivity contribution in [1.29, 1.82) is 0 Å². The maximum atomic E-state index is 12.4. The minimum atomic E-state index is -3.75. The lowest BCUT2D eigenvalue weighted by Crippen LogP contribution is -2.32. The summed E-state index contributed by atoms with van der Waals surface area (Å²) in [4.78, 5) is 15.8. The van der Waals surface area contributed by atoms with Crippen LogP contribution in [-0.4, -0.2) is 39.5 Å². The third-order valence-electron chi connectivity index (χ3n) is 3.56. The fourth-order valence-electron chi connectivity index (χ4n) is 2.27. The van der Waals surface area contributed by atoms with Gasteiger partial charge >= 0.3 is 0 Å². The van der Waals surface area contributed by atoms with Crippen molar-refractivity contribution in [3.8, 4) is 5.82 Å². The van der Waals surface area contributed by atoms with Crippen LogP contribution < -0.4 is 10.3 Å². The lowest BCUT2D eigenvalue weighted by Gasteiger charge is -2.11. The molecule has 2 heterocycles. The summed E-state index contributed by atoms with van der Waals surface area (Å²) in [6, 6.07) is 7.47. The van der Waals surface area contributed by atoms with E-state index in [1.165, 1.54) is 35.5 Å². The number of rotatable bonds is 6. The highest BCUT2D eigenvalue weighted by molar-refractivity contribution is 7.89. The summed E-state index contributed by atoms with van der Waals surface area (Å²) in [6.45, 7) is 1.72. The van der Waals surface area contributed by atoms with Crippen molar-refractivity contribution in [2.24, 2.45) is 0 Å². The van der Waals surface area contributed by atoms with Gasteiger partial charge in [-0.2, -0.15) is 5.10 Å². The first-order valence-corrected chi connectivity index (χ1v) is 9.42. The summed E-state index contributed by atoms with van der Waals surface area (Å²) < 4.78 is 29.9. The number of sulfonamides is 1. The van der Waals surface area contributed by atoms with Gasteiger partial charge in [-0.05, 0) is 30.7 Å². The Morgan fingerprint density at radius 2 is 2.04 bits per heavy atom. The van der Waals surface area contributed by atoms with E-state index in [0.29, 0.717) is 16.4 Å². The molecule has 0 saturated heterocycles. The molecule has 9 nitrogen and oxygen atoms in total. The van der Waals surface area contributed by atoms with E-state index < -0.39 is 10.0 Å². The summed E-state index contributed by atoms with van der Waals surface area (Å²) in [6.07, 6.45) is 2.79. The number of aromatic nitrogens is 5. The Hall–Kier alpha value is -2.56. The monoisotopic (exact) mass is 394 g/mol. The van der Waals surface area contributed by atoms with Gasteiger partial charge in [0.1, 0.15) is 12.7 Å². The van der Waals surface area contributed by atoms with E-state index in [1.807, 2.05) is 0 Å². The second-order valence-electron chi connectivity index (χ2n) is 5.40. The zero-order valence-electron chi connectivity index (χ0n) is 13.7. The van der Waals surface area contributed by atoms with Crippen molar-refractivity contribution in [3.63, 3.8) is 0 Å². The molecule has 0 fully saturated rings. The maximum absolute atomic E-state index is 12.4. The molecule has 0 atom stereocenters. The molecule has 0 radical (unpaired) electrons. The molecule has 26 heavy (non-hydrogen) atoms. The van der Waals surface area contributed by atoms with E-state index in [4.69, 9.17) is 11.6 Å². The van der Waals surface area contributed by atoms with Crippen molar-refractivity contribution in [2.75, 3.05) is 6.54 Å². The Bertz CT molecular complexity index is 1080. The van der Waals surface area contributed by atoms with Crippen molar-refractivity contribution >= 4 is 21.6 Å². The van der Waals surface area contributed by atoms with E-state index in [0.717, 1.165) is 4.68 Å². The number of nitrogens with zero attached hydrogens (tertiary/aromatic N) is 5.